The summed E-state index contributed by atoms with van der Waals surface area (Å²) in [6, 6.07) is 16.4. The molecule has 0 amide bonds. The third-order valence-electron chi connectivity index (χ3n) is 5.71. The van der Waals surface area contributed by atoms with Crippen LogP contribution in [0.15, 0.2) is 48.5 Å². The molecule has 0 fully saturated rings. The fraction of sp³-hybridized carbons (Fsp3) is 0.455. The Hall–Kier alpha value is -1.62. The van der Waals surface area contributed by atoms with E-state index in [1.54, 1.807) is 7.11 Å². The van der Waals surface area contributed by atoms with Crippen molar-refractivity contribution in [3.05, 3.63) is 65.2 Å². The van der Waals surface area contributed by atoms with E-state index in [9.17, 15) is 0 Å². The van der Waals surface area contributed by atoms with Crippen molar-refractivity contribution < 1.29 is 13.9 Å². The van der Waals surface area contributed by atoms with Gasteiger partial charge in [0.1, 0.15) is 12.4 Å². The van der Waals surface area contributed by atoms with Gasteiger partial charge in [0.15, 0.2) is 14.1 Å². The molecule has 0 saturated carbocycles. The van der Waals surface area contributed by atoms with Gasteiger partial charge in [-0.1, -0.05) is 63.2 Å². The minimum Gasteiger partial charge on any atom is -0.488 e. The van der Waals surface area contributed by atoms with Crippen LogP contribution in [0.3, 0.4) is 0 Å². The number of benzene rings is 2. The Labute approximate surface area is 158 Å². The van der Waals surface area contributed by atoms with Crippen LogP contribution in [0, 0.1) is 0 Å². The van der Waals surface area contributed by atoms with Gasteiger partial charge in [-0.15, -0.1) is 0 Å². The first kappa shape index (κ1) is 19.1. The third kappa shape index (κ3) is 3.46. The lowest BCUT2D eigenvalue weighted by Crippen LogP contribution is -2.54. The van der Waals surface area contributed by atoms with Crippen LogP contribution < -0.4 is 4.74 Å². The number of methoxy groups -OCH3 is 1. The average Bonchev–Trinajstić information content (AvgIpc) is 2.57. The van der Waals surface area contributed by atoms with Crippen molar-refractivity contribution in [2.24, 2.45) is 0 Å². The molecule has 0 bridgehead atoms. The molecule has 3 rings (SSSR count). The molecule has 0 saturated heterocycles. The molecular weight excluding hydrogens is 340 g/mol. The molecule has 2 aromatic rings. The van der Waals surface area contributed by atoms with Crippen LogP contribution in [0.5, 0.6) is 5.75 Å². The third-order valence-corrected chi connectivity index (χ3v) is 10.2. The van der Waals surface area contributed by atoms with Crippen molar-refractivity contribution >= 4 is 8.32 Å². The Bertz CT molecular complexity index is 765. The topological polar surface area (TPSA) is 27.7 Å². The number of ether oxygens (including phenoxy) is 2. The second kappa shape index (κ2) is 6.84. The van der Waals surface area contributed by atoms with E-state index in [4.69, 9.17) is 13.9 Å². The van der Waals surface area contributed by atoms with Gasteiger partial charge in [-0.25, -0.2) is 0 Å². The van der Waals surface area contributed by atoms with Gasteiger partial charge in [-0.2, -0.15) is 0 Å². The Morgan fingerprint density at radius 2 is 1.69 bits per heavy atom. The summed E-state index contributed by atoms with van der Waals surface area (Å²) in [5, 5.41) is 0.119. The van der Waals surface area contributed by atoms with E-state index in [1.807, 2.05) is 30.3 Å². The van der Waals surface area contributed by atoms with Gasteiger partial charge >= 0.3 is 0 Å². The monoisotopic (exact) mass is 370 g/mol. The molecule has 1 aliphatic rings. The molecule has 0 aromatic heterocycles. The molecule has 0 spiro atoms. The van der Waals surface area contributed by atoms with E-state index in [2.05, 4.69) is 52.1 Å². The molecule has 0 heterocycles. The van der Waals surface area contributed by atoms with E-state index in [-0.39, 0.29) is 5.04 Å². The molecule has 1 aliphatic carbocycles. The van der Waals surface area contributed by atoms with Crippen molar-refractivity contribution in [2.45, 2.75) is 57.7 Å². The summed E-state index contributed by atoms with van der Waals surface area (Å²) in [5.41, 5.74) is 3.46. The highest BCUT2D eigenvalue weighted by Gasteiger charge is 2.53. The van der Waals surface area contributed by atoms with Crippen LogP contribution in [0.25, 0.3) is 0 Å². The SMILES string of the molecule is COC1(O[Si](C)(C)C(C)(C)C)Cc2cccc(OCc3ccccc3)c21. The maximum absolute atomic E-state index is 6.73. The Morgan fingerprint density at radius 3 is 2.31 bits per heavy atom. The summed E-state index contributed by atoms with van der Waals surface area (Å²) < 4.78 is 18.9. The fourth-order valence-electron chi connectivity index (χ4n) is 3.11. The minimum absolute atomic E-state index is 0.119. The average molecular weight is 371 g/mol. The number of rotatable bonds is 6. The molecule has 0 aliphatic heterocycles. The van der Waals surface area contributed by atoms with Crippen LogP contribution >= 0.6 is 0 Å². The summed E-state index contributed by atoms with van der Waals surface area (Å²) in [6.07, 6.45) is 0.772. The van der Waals surface area contributed by atoms with Gasteiger partial charge in [0.05, 0.1) is 5.56 Å². The lowest BCUT2D eigenvalue weighted by molar-refractivity contribution is -0.198. The maximum Gasteiger partial charge on any atom is 0.196 e. The van der Waals surface area contributed by atoms with Crippen LogP contribution in [-0.2, 0) is 28.0 Å². The van der Waals surface area contributed by atoms with Crippen LogP contribution in [0.2, 0.25) is 18.1 Å². The second-order valence-corrected chi connectivity index (χ2v) is 13.3. The van der Waals surface area contributed by atoms with Crippen LogP contribution in [-0.4, -0.2) is 15.4 Å². The lowest BCUT2D eigenvalue weighted by atomic mass is 9.81. The smallest absolute Gasteiger partial charge is 0.196 e. The molecule has 3 nitrogen and oxygen atoms in total. The van der Waals surface area contributed by atoms with E-state index in [1.165, 1.54) is 5.56 Å². The Morgan fingerprint density at radius 1 is 1.00 bits per heavy atom. The van der Waals surface area contributed by atoms with Gasteiger partial charge in [-0.05, 0) is 35.3 Å². The zero-order chi connectivity index (χ0) is 19.0. The zero-order valence-corrected chi connectivity index (χ0v) is 17.8. The molecular formula is C22H30O3Si. The zero-order valence-electron chi connectivity index (χ0n) is 16.8. The highest BCUT2D eigenvalue weighted by molar-refractivity contribution is 6.74. The Kier molecular flexibility index (Phi) is 5.04. The van der Waals surface area contributed by atoms with Gasteiger partial charge in [0.25, 0.3) is 0 Å². The molecule has 0 radical (unpaired) electrons. The second-order valence-electron chi connectivity index (χ2n) is 8.56. The number of fused-ring (bicyclic) bond motifs is 1. The van der Waals surface area contributed by atoms with Crippen LogP contribution in [0.4, 0.5) is 0 Å². The van der Waals surface area contributed by atoms with Gasteiger partial charge in [0.2, 0.25) is 0 Å². The summed E-state index contributed by atoms with van der Waals surface area (Å²) in [4.78, 5) is 0. The van der Waals surface area contributed by atoms with E-state index < -0.39 is 14.1 Å². The summed E-state index contributed by atoms with van der Waals surface area (Å²) in [7, 11) is -0.250. The highest BCUT2D eigenvalue weighted by Crippen LogP contribution is 2.52. The standard InChI is InChI=1S/C22H30O3Si/c1-21(2,3)26(5,6)25-22(23-4)15-18-13-10-14-19(20(18)22)24-16-17-11-8-7-9-12-17/h7-14H,15-16H2,1-6H3. The molecule has 140 valence electrons. The first-order valence-corrected chi connectivity index (χ1v) is 12.1. The number of hydrogen-bond acceptors (Lipinski definition) is 3. The van der Waals surface area contributed by atoms with E-state index in [0.29, 0.717) is 6.61 Å². The predicted molar refractivity (Wildman–Crippen MR) is 108 cm³/mol. The highest BCUT2D eigenvalue weighted by atomic mass is 28.4. The number of hydrogen-bond donors (Lipinski definition) is 0. The molecule has 0 N–H and O–H groups in total. The van der Waals surface area contributed by atoms with E-state index in [0.717, 1.165) is 23.3 Å². The molecule has 2 aromatic carbocycles. The maximum atomic E-state index is 6.73. The van der Waals surface area contributed by atoms with Crippen molar-refractivity contribution in [1.29, 1.82) is 0 Å². The van der Waals surface area contributed by atoms with Crippen molar-refractivity contribution in [2.75, 3.05) is 7.11 Å². The minimum atomic E-state index is -1.99. The summed E-state index contributed by atoms with van der Waals surface area (Å²) in [6.45, 7) is 11.8. The lowest BCUT2D eigenvalue weighted by Gasteiger charge is -2.50. The van der Waals surface area contributed by atoms with Crippen molar-refractivity contribution in [3.8, 4) is 5.75 Å². The molecule has 1 unspecified atom stereocenters. The summed E-state index contributed by atoms with van der Waals surface area (Å²) in [5.74, 6) is 0.171. The van der Waals surface area contributed by atoms with E-state index >= 15 is 0 Å². The van der Waals surface area contributed by atoms with Gasteiger partial charge in [-0.3, -0.25) is 0 Å². The first-order chi connectivity index (χ1) is 12.2. The van der Waals surface area contributed by atoms with Crippen molar-refractivity contribution in [3.63, 3.8) is 0 Å². The molecule has 4 heteroatoms. The molecule has 1 atom stereocenters. The van der Waals surface area contributed by atoms with Gasteiger partial charge < -0.3 is 13.9 Å². The normalized spacial score (nSPS) is 19.6. The summed E-state index contributed by atoms with van der Waals surface area (Å²) >= 11 is 0. The quantitative estimate of drug-likeness (QED) is 0.486. The largest absolute Gasteiger partial charge is 0.488 e. The fourth-order valence-corrected chi connectivity index (χ4v) is 4.50. The predicted octanol–water partition coefficient (Wildman–Crippen LogP) is 5.64. The molecule has 26 heavy (non-hydrogen) atoms. The van der Waals surface area contributed by atoms with Crippen molar-refractivity contribution in [1.82, 2.24) is 0 Å². The van der Waals surface area contributed by atoms with Gasteiger partial charge in [0, 0.05) is 13.5 Å². The first-order valence-electron chi connectivity index (χ1n) is 9.23. The van der Waals surface area contributed by atoms with Crippen LogP contribution in [0.1, 0.15) is 37.5 Å². The Balaban J connectivity index is 1.87.